The summed E-state index contributed by atoms with van der Waals surface area (Å²) >= 11 is 0. The van der Waals surface area contributed by atoms with Gasteiger partial charge in [0.05, 0.1) is 12.2 Å². The number of aldehydes is 1. The van der Waals surface area contributed by atoms with Gasteiger partial charge in [-0.05, 0) is 19.3 Å². The Morgan fingerprint density at radius 2 is 1.67 bits per heavy atom. The Morgan fingerprint density at radius 3 is 2.13 bits per heavy atom. The maximum atomic E-state index is 10.5. The second-order valence-electron chi connectivity index (χ2n) is 3.80. The Balaban J connectivity index is 2.13. The van der Waals surface area contributed by atoms with Crippen molar-refractivity contribution in [1.29, 1.82) is 0 Å². The fraction of sp³-hybridized carbons (Fsp3) is 0.364. The maximum absolute atomic E-state index is 10.5. The standard InChI is InChI=1S/C11H13BO3/c1-8-9(2)15-12(14-8)11-5-3-10(7-13)4-6-11/h3-9H,1-2H3. The fourth-order valence-electron chi connectivity index (χ4n) is 1.53. The van der Waals surface area contributed by atoms with E-state index in [9.17, 15) is 4.79 Å². The maximum Gasteiger partial charge on any atom is 0.494 e. The number of carbonyl (C=O) groups excluding carboxylic acids is 1. The summed E-state index contributed by atoms with van der Waals surface area (Å²) in [6, 6.07) is 7.25. The van der Waals surface area contributed by atoms with E-state index in [-0.39, 0.29) is 19.3 Å². The van der Waals surface area contributed by atoms with Crippen LogP contribution in [0, 0.1) is 0 Å². The third kappa shape index (κ3) is 2.11. The van der Waals surface area contributed by atoms with Crippen LogP contribution in [-0.4, -0.2) is 25.6 Å². The van der Waals surface area contributed by atoms with Gasteiger partial charge in [0, 0.05) is 5.56 Å². The van der Waals surface area contributed by atoms with Crippen LogP contribution in [0.1, 0.15) is 24.2 Å². The van der Waals surface area contributed by atoms with Crippen molar-refractivity contribution in [3.63, 3.8) is 0 Å². The first kappa shape index (κ1) is 10.4. The van der Waals surface area contributed by atoms with Crippen LogP contribution in [0.3, 0.4) is 0 Å². The number of hydrogen-bond acceptors (Lipinski definition) is 3. The molecule has 0 aromatic heterocycles. The summed E-state index contributed by atoms with van der Waals surface area (Å²) < 4.78 is 11.2. The van der Waals surface area contributed by atoms with Gasteiger partial charge in [-0.2, -0.15) is 0 Å². The molecule has 1 aromatic rings. The van der Waals surface area contributed by atoms with Crippen molar-refractivity contribution in [3.05, 3.63) is 29.8 Å². The van der Waals surface area contributed by atoms with Crippen LogP contribution in [-0.2, 0) is 9.31 Å². The molecule has 2 atom stereocenters. The van der Waals surface area contributed by atoms with Gasteiger partial charge in [-0.3, -0.25) is 4.79 Å². The van der Waals surface area contributed by atoms with Gasteiger partial charge in [-0.25, -0.2) is 0 Å². The summed E-state index contributed by atoms with van der Waals surface area (Å²) in [6.45, 7) is 3.98. The van der Waals surface area contributed by atoms with Gasteiger partial charge in [0.25, 0.3) is 0 Å². The van der Waals surface area contributed by atoms with E-state index >= 15 is 0 Å². The lowest BCUT2D eigenvalue weighted by Gasteiger charge is -2.04. The first-order chi connectivity index (χ1) is 7.20. The summed E-state index contributed by atoms with van der Waals surface area (Å²) in [6.07, 6.45) is 1.05. The first-order valence-electron chi connectivity index (χ1n) is 5.07. The van der Waals surface area contributed by atoms with E-state index in [1.165, 1.54) is 0 Å². The lowest BCUT2D eigenvalue weighted by Crippen LogP contribution is -2.32. The minimum atomic E-state index is -0.296. The van der Waals surface area contributed by atoms with Crippen LogP contribution in [0.2, 0.25) is 0 Å². The van der Waals surface area contributed by atoms with Gasteiger partial charge in [-0.1, -0.05) is 24.3 Å². The number of carbonyl (C=O) groups is 1. The number of hydrogen-bond donors (Lipinski definition) is 0. The van der Waals surface area contributed by atoms with Crippen molar-refractivity contribution in [1.82, 2.24) is 0 Å². The molecule has 2 unspecified atom stereocenters. The van der Waals surface area contributed by atoms with Crippen molar-refractivity contribution in [2.45, 2.75) is 26.1 Å². The monoisotopic (exact) mass is 204 g/mol. The molecule has 3 nitrogen and oxygen atoms in total. The second-order valence-corrected chi connectivity index (χ2v) is 3.80. The van der Waals surface area contributed by atoms with E-state index in [0.717, 1.165) is 11.7 Å². The third-order valence-electron chi connectivity index (χ3n) is 2.68. The van der Waals surface area contributed by atoms with E-state index in [1.54, 1.807) is 12.1 Å². The predicted octanol–water partition coefficient (Wildman–Crippen LogP) is 1.02. The van der Waals surface area contributed by atoms with Crippen LogP contribution >= 0.6 is 0 Å². The Bertz CT molecular complexity index is 339. The van der Waals surface area contributed by atoms with Crippen molar-refractivity contribution in [3.8, 4) is 0 Å². The van der Waals surface area contributed by atoms with Crippen molar-refractivity contribution >= 4 is 18.9 Å². The molecule has 15 heavy (non-hydrogen) atoms. The van der Waals surface area contributed by atoms with Crippen LogP contribution < -0.4 is 5.46 Å². The molecule has 1 aliphatic heterocycles. The minimum Gasteiger partial charge on any atom is -0.402 e. The molecule has 0 N–H and O–H groups in total. The highest BCUT2D eigenvalue weighted by molar-refractivity contribution is 6.61. The quantitative estimate of drug-likeness (QED) is 0.532. The molecule has 0 aliphatic carbocycles. The van der Waals surface area contributed by atoms with E-state index in [1.807, 2.05) is 26.0 Å². The largest absolute Gasteiger partial charge is 0.494 e. The molecular formula is C11H13BO3. The molecule has 2 rings (SSSR count). The van der Waals surface area contributed by atoms with Crippen LogP contribution in [0.15, 0.2) is 24.3 Å². The Labute approximate surface area is 89.5 Å². The topological polar surface area (TPSA) is 35.5 Å². The predicted molar refractivity (Wildman–Crippen MR) is 58.3 cm³/mol. The lowest BCUT2D eigenvalue weighted by atomic mass is 9.79. The molecule has 0 amide bonds. The Morgan fingerprint density at radius 1 is 1.13 bits per heavy atom. The molecule has 0 radical (unpaired) electrons. The summed E-state index contributed by atoms with van der Waals surface area (Å²) in [5.41, 5.74) is 1.62. The highest BCUT2D eigenvalue weighted by atomic mass is 16.7. The molecule has 1 saturated heterocycles. The molecule has 0 saturated carbocycles. The van der Waals surface area contributed by atoms with Crippen LogP contribution in [0.5, 0.6) is 0 Å². The number of rotatable bonds is 2. The van der Waals surface area contributed by atoms with Crippen molar-refractivity contribution in [2.24, 2.45) is 0 Å². The average Bonchev–Trinajstić information content (AvgIpc) is 2.59. The molecule has 1 aromatic carbocycles. The molecule has 4 heteroatoms. The SMILES string of the molecule is CC1OB(c2ccc(C=O)cc2)OC1C. The summed E-state index contributed by atoms with van der Waals surface area (Å²) in [7, 11) is -0.296. The van der Waals surface area contributed by atoms with Gasteiger partial charge in [0.15, 0.2) is 0 Å². The fourth-order valence-corrected chi connectivity index (χ4v) is 1.53. The van der Waals surface area contributed by atoms with Crippen molar-refractivity contribution < 1.29 is 14.1 Å². The number of benzene rings is 1. The smallest absolute Gasteiger partial charge is 0.402 e. The minimum absolute atomic E-state index is 0.112. The zero-order valence-corrected chi connectivity index (χ0v) is 8.84. The highest BCUT2D eigenvalue weighted by Crippen LogP contribution is 2.15. The second kappa shape index (κ2) is 4.17. The molecule has 0 spiro atoms. The van der Waals surface area contributed by atoms with Crippen LogP contribution in [0.25, 0.3) is 0 Å². The zero-order chi connectivity index (χ0) is 10.8. The normalized spacial score (nSPS) is 25.6. The summed E-state index contributed by atoms with van der Waals surface area (Å²) in [5.74, 6) is 0. The van der Waals surface area contributed by atoms with E-state index in [4.69, 9.17) is 9.31 Å². The molecule has 1 aliphatic rings. The molecule has 78 valence electrons. The summed E-state index contributed by atoms with van der Waals surface area (Å²) in [4.78, 5) is 10.5. The van der Waals surface area contributed by atoms with Gasteiger partial charge < -0.3 is 9.31 Å². The zero-order valence-electron chi connectivity index (χ0n) is 8.84. The summed E-state index contributed by atoms with van der Waals surface area (Å²) in [5, 5.41) is 0. The van der Waals surface area contributed by atoms with Crippen LogP contribution in [0.4, 0.5) is 0 Å². The Kier molecular flexibility index (Phi) is 2.89. The van der Waals surface area contributed by atoms with E-state index in [0.29, 0.717) is 5.56 Å². The van der Waals surface area contributed by atoms with Gasteiger partial charge >= 0.3 is 7.12 Å². The van der Waals surface area contributed by atoms with E-state index in [2.05, 4.69) is 0 Å². The van der Waals surface area contributed by atoms with Gasteiger partial charge in [-0.15, -0.1) is 0 Å². The van der Waals surface area contributed by atoms with Gasteiger partial charge in [0.2, 0.25) is 0 Å². The molecule has 1 heterocycles. The molecule has 1 fully saturated rings. The Hall–Kier alpha value is -1.13. The van der Waals surface area contributed by atoms with Gasteiger partial charge in [0.1, 0.15) is 6.29 Å². The third-order valence-corrected chi connectivity index (χ3v) is 2.68. The highest BCUT2D eigenvalue weighted by Gasteiger charge is 2.35. The average molecular weight is 204 g/mol. The lowest BCUT2D eigenvalue weighted by molar-refractivity contribution is 0.112. The molecule has 0 bridgehead atoms. The first-order valence-corrected chi connectivity index (χ1v) is 5.07. The van der Waals surface area contributed by atoms with E-state index < -0.39 is 0 Å². The van der Waals surface area contributed by atoms with Crippen molar-refractivity contribution in [2.75, 3.05) is 0 Å². The molecular weight excluding hydrogens is 191 g/mol.